The standard InChI is InChI=1S/C23H19BrCl3FN2O2/c1-22(14-7-17(25)20(27)18(26)8-14)9-19(29-32-22)13-4-5-15(16(24)6-13)23(28)10-30(11-23)21(31)12-2-3-12/h4-8,12H,2-3,9-11H2,1H3. The third-order valence-corrected chi connectivity index (χ3v) is 8.22. The van der Waals surface area contributed by atoms with Gasteiger partial charge in [0.05, 0.1) is 33.9 Å². The molecule has 168 valence electrons. The Balaban J connectivity index is 1.32. The van der Waals surface area contributed by atoms with E-state index in [1.165, 1.54) is 0 Å². The highest BCUT2D eigenvalue weighted by atomic mass is 79.9. The van der Waals surface area contributed by atoms with E-state index in [9.17, 15) is 4.79 Å². The first kappa shape index (κ1) is 22.5. The monoisotopic (exact) mass is 558 g/mol. The number of rotatable bonds is 4. The van der Waals surface area contributed by atoms with Gasteiger partial charge in [0.2, 0.25) is 5.91 Å². The summed E-state index contributed by atoms with van der Waals surface area (Å²) in [6.07, 6.45) is 2.33. The molecule has 2 aromatic carbocycles. The van der Waals surface area contributed by atoms with Crippen LogP contribution in [0.1, 0.15) is 42.9 Å². The van der Waals surface area contributed by atoms with E-state index < -0.39 is 11.3 Å². The zero-order valence-corrected chi connectivity index (χ0v) is 21.0. The molecule has 2 heterocycles. The van der Waals surface area contributed by atoms with Gasteiger partial charge in [0.15, 0.2) is 11.3 Å². The van der Waals surface area contributed by atoms with Crippen molar-refractivity contribution in [1.82, 2.24) is 4.90 Å². The molecule has 1 amide bonds. The van der Waals surface area contributed by atoms with Gasteiger partial charge in [-0.25, -0.2) is 4.39 Å². The summed E-state index contributed by atoms with van der Waals surface area (Å²) in [6, 6.07) is 8.89. The Bertz CT molecular complexity index is 1140. The molecule has 1 atom stereocenters. The number of halogens is 5. The predicted molar refractivity (Wildman–Crippen MR) is 127 cm³/mol. The number of alkyl halides is 1. The fourth-order valence-electron chi connectivity index (χ4n) is 4.24. The number of likely N-dealkylation sites (tertiary alicyclic amines) is 1. The summed E-state index contributed by atoms with van der Waals surface area (Å²) in [6.45, 7) is 2.10. The summed E-state index contributed by atoms with van der Waals surface area (Å²) in [5.41, 5.74) is 0.570. The quantitative estimate of drug-likeness (QED) is 0.383. The van der Waals surface area contributed by atoms with Crippen LogP contribution in [0.25, 0.3) is 0 Å². The Morgan fingerprint density at radius 3 is 2.44 bits per heavy atom. The molecule has 0 spiro atoms. The summed E-state index contributed by atoms with van der Waals surface area (Å²) in [7, 11) is 0. The second-order valence-corrected chi connectivity index (χ2v) is 11.0. The summed E-state index contributed by atoms with van der Waals surface area (Å²) in [5.74, 6) is 0.177. The molecule has 2 aromatic rings. The highest BCUT2D eigenvalue weighted by Gasteiger charge is 2.50. The van der Waals surface area contributed by atoms with E-state index >= 15 is 4.39 Å². The molecular weight excluding hydrogens is 542 g/mol. The van der Waals surface area contributed by atoms with Crippen molar-refractivity contribution in [3.8, 4) is 0 Å². The van der Waals surface area contributed by atoms with E-state index in [-0.39, 0.29) is 24.9 Å². The number of carbonyl (C=O) groups excluding carboxylic acids is 1. The predicted octanol–water partition coefficient (Wildman–Crippen LogP) is 6.87. The van der Waals surface area contributed by atoms with Gasteiger partial charge in [-0.05, 0) is 38.0 Å². The zero-order valence-electron chi connectivity index (χ0n) is 17.1. The average molecular weight is 561 g/mol. The van der Waals surface area contributed by atoms with Crippen LogP contribution in [0.3, 0.4) is 0 Å². The smallest absolute Gasteiger partial charge is 0.225 e. The minimum atomic E-state index is -1.54. The van der Waals surface area contributed by atoms with Crippen LogP contribution in [0.2, 0.25) is 15.1 Å². The third-order valence-electron chi connectivity index (χ3n) is 6.36. The van der Waals surface area contributed by atoms with E-state index in [2.05, 4.69) is 21.1 Å². The molecule has 1 aliphatic carbocycles. The lowest BCUT2D eigenvalue weighted by Crippen LogP contribution is -2.59. The number of carbonyl (C=O) groups is 1. The number of amides is 1. The first-order chi connectivity index (χ1) is 15.1. The zero-order chi connectivity index (χ0) is 22.8. The molecule has 3 aliphatic rings. The molecule has 0 bridgehead atoms. The van der Waals surface area contributed by atoms with Crippen molar-refractivity contribution >= 4 is 62.4 Å². The minimum absolute atomic E-state index is 0.0742. The van der Waals surface area contributed by atoms with Gasteiger partial charge in [0, 0.05) is 33.5 Å². The van der Waals surface area contributed by atoms with E-state index in [1.54, 1.807) is 23.1 Å². The normalized spacial score (nSPS) is 24.1. The molecule has 32 heavy (non-hydrogen) atoms. The minimum Gasteiger partial charge on any atom is -0.384 e. The number of hydrogen-bond donors (Lipinski definition) is 0. The molecule has 1 saturated heterocycles. The number of nitrogens with zero attached hydrogens (tertiary/aromatic N) is 2. The van der Waals surface area contributed by atoms with Crippen LogP contribution in [-0.2, 0) is 20.9 Å². The average Bonchev–Trinajstić information content (AvgIpc) is 3.50. The van der Waals surface area contributed by atoms with E-state index in [4.69, 9.17) is 39.6 Å². The number of oxime groups is 1. The molecule has 2 aliphatic heterocycles. The fourth-order valence-corrected chi connectivity index (χ4v) is 5.57. The van der Waals surface area contributed by atoms with Crippen molar-refractivity contribution in [2.45, 2.75) is 37.5 Å². The molecule has 0 N–H and O–H groups in total. The van der Waals surface area contributed by atoms with Gasteiger partial charge in [-0.1, -0.05) is 68.0 Å². The Morgan fingerprint density at radius 2 is 1.84 bits per heavy atom. The van der Waals surface area contributed by atoms with Gasteiger partial charge in [0.1, 0.15) is 0 Å². The largest absolute Gasteiger partial charge is 0.384 e. The lowest BCUT2D eigenvalue weighted by molar-refractivity contribution is -0.147. The van der Waals surface area contributed by atoms with Crippen molar-refractivity contribution in [3.63, 3.8) is 0 Å². The van der Waals surface area contributed by atoms with Gasteiger partial charge >= 0.3 is 0 Å². The topological polar surface area (TPSA) is 41.9 Å². The Hall–Kier alpha value is -1.34. The lowest BCUT2D eigenvalue weighted by atomic mass is 9.85. The first-order valence-corrected chi connectivity index (χ1v) is 12.2. The van der Waals surface area contributed by atoms with Crippen LogP contribution >= 0.6 is 50.7 Å². The molecular formula is C23H19BrCl3FN2O2. The van der Waals surface area contributed by atoms with Crippen LogP contribution < -0.4 is 0 Å². The van der Waals surface area contributed by atoms with Crippen LogP contribution in [0.5, 0.6) is 0 Å². The van der Waals surface area contributed by atoms with E-state index in [0.29, 0.717) is 31.5 Å². The fraction of sp³-hybridized carbons (Fsp3) is 0.391. The van der Waals surface area contributed by atoms with Crippen molar-refractivity contribution in [2.24, 2.45) is 11.1 Å². The first-order valence-electron chi connectivity index (χ1n) is 10.3. The lowest BCUT2D eigenvalue weighted by Gasteiger charge is -2.45. The highest BCUT2D eigenvalue weighted by Crippen LogP contribution is 2.44. The van der Waals surface area contributed by atoms with Crippen LogP contribution in [0.4, 0.5) is 4.39 Å². The maximum Gasteiger partial charge on any atom is 0.225 e. The molecule has 1 unspecified atom stereocenters. The number of hydrogen-bond acceptors (Lipinski definition) is 3. The number of benzene rings is 2. The van der Waals surface area contributed by atoms with Gasteiger partial charge in [-0.2, -0.15) is 0 Å². The highest BCUT2D eigenvalue weighted by molar-refractivity contribution is 9.10. The summed E-state index contributed by atoms with van der Waals surface area (Å²) in [5, 5.41) is 5.27. The molecule has 0 aromatic heterocycles. The van der Waals surface area contributed by atoms with Crippen LogP contribution in [-0.4, -0.2) is 29.6 Å². The van der Waals surface area contributed by atoms with E-state index in [1.807, 2.05) is 19.1 Å². The van der Waals surface area contributed by atoms with Crippen molar-refractivity contribution in [1.29, 1.82) is 0 Å². The van der Waals surface area contributed by atoms with Gasteiger partial charge in [-0.3, -0.25) is 4.79 Å². The molecule has 4 nitrogen and oxygen atoms in total. The van der Waals surface area contributed by atoms with Crippen LogP contribution in [0, 0.1) is 5.92 Å². The second kappa shape index (κ2) is 7.86. The van der Waals surface area contributed by atoms with Crippen molar-refractivity contribution < 1.29 is 14.0 Å². The maximum atomic E-state index is 15.4. The molecule has 5 rings (SSSR count). The summed E-state index contributed by atoms with van der Waals surface area (Å²) >= 11 is 22.0. The Kier molecular flexibility index (Phi) is 5.52. The van der Waals surface area contributed by atoms with Crippen molar-refractivity contribution in [3.05, 3.63) is 66.6 Å². The summed E-state index contributed by atoms with van der Waals surface area (Å²) < 4.78 is 16.1. The van der Waals surface area contributed by atoms with Gasteiger partial charge in [-0.15, -0.1) is 0 Å². The van der Waals surface area contributed by atoms with Gasteiger partial charge < -0.3 is 9.74 Å². The van der Waals surface area contributed by atoms with E-state index in [0.717, 1.165) is 29.7 Å². The maximum absolute atomic E-state index is 15.4. The molecule has 2 fully saturated rings. The van der Waals surface area contributed by atoms with Crippen molar-refractivity contribution in [2.75, 3.05) is 13.1 Å². The van der Waals surface area contributed by atoms with Gasteiger partial charge in [0.25, 0.3) is 0 Å². The molecule has 9 heteroatoms. The second-order valence-electron chi connectivity index (χ2n) is 8.92. The Labute approximate surface area is 208 Å². The summed E-state index contributed by atoms with van der Waals surface area (Å²) in [4.78, 5) is 19.5. The molecule has 0 radical (unpaired) electrons. The molecule has 1 saturated carbocycles. The third kappa shape index (κ3) is 3.83. The SMILES string of the molecule is CC1(c2cc(Cl)c(Cl)c(Cl)c2)CC(c2ccc(C3(F)CN(C(=O)C4CC4)C3)c(Br)c2)=NO1. The Morgan fingerprint density at radius 1 is 1.19 bits per heavy atom. The van der Waals surface area contributed by atoms with Crippen LogP contribution in [0.15, 0.2) is 40.0 Å².